The normalized spacial score (nSPS) is 11.5. The largest absolute Gasteiger partial charge is 0.462 e. The first-order chi connectivity index (χ1) is 25.6. The number of rotatable bonds is 45. The van der Waals surface area contributed by atoms with Gasteiger partial charge in [-0.25, -0.2) is 4.79 Å². The van der Waals surface area contributed by atoms with E-state index in [0.29, 0.717) is 18.1 Å². The minimum atomic E-state index is -0.211. The molecule has 310 valence electrons. The van der Waals surface area contributed by atoms with Gasteiger partial charge in [0.25, 0.3) is 0 Å². The van der Waals surface area contributed by atoms with Gasteiger partial charge >= 0.3 is 5.97 Å². The van der Waals surface area contributed by atoms with Crippen molar-refractivity contribution in [3.63, 3.8) is 0 Å². The summed E-state index contributed by atoms with van der Waals surface area (Å²) in [6, 6.07) is 0. The van der Waals surface area contributed by atoms with Gasteiger partial charge in [0.1, 0.15) is 0 Å². The van der Waals surface area contributed by atoms with E-state index in [4.69, 9.17) is 4.74 Å². The van der Waals surface area contributed by atoms with Crippen molar-refractivity contribution in [1.29, 1.82) is 0 Å². The molecule has 0 aliphatic rings. The SMILES string of the molecule is C=C(C)C(=O)OCC(CCCCCCCCCCCCCCCCCCCCCC)CCCCCCCCCCCCCCCCCCCCCC. The summed E-state index contributed by atoms with van der Waals surface area (Å²) in [5.74, 6) is 0.311. The predicted octanol–water partition coefficient (Wildman–Crippen LogP) is 18.1. The maximum Gasteiger partial charge on any atom is 0.333 e. The molecule has 0 aromatic heterocycles. The molecule has 0 radical (unpaired) electrons. The van der Waals surface area contributed by atoms with E-state index in [9.17, 15) is 4.79 Å². The summed E-state index contributed by atoms with van der Waals surface area (Å²) in [7, 11) is 0. The highest BCUT2D eigenvalue weighted by atomic mass is 16.5. The van der Waals surface area contributed by atoms with Gasteiger partial charge in [-0.05, 0) is 25.7 Å². The molecule has 0 aromatic rings. The molecule has 0 atom stereocenters. The minimum absolute atomic E-state index is 0.211. The van der Waals surface area contributed by atoms with Gasteiger partial charge in [-0.3, -0.25) is 0 Å². The van der Waals surface area contributed by atoms with Crippen LogP contribution < -0.4 is 0 Å². The monoisotopic (exact) mass is 731 g/mol. The van der Waals surface area contributed by atoms with Crippen LogP contribution in [0.2, 0.25) is 0 Å². The highest BCUT2D eigenvalue weighted by molar-refractivity contribution is 5.86. The lowest BCUT2D eigenvalue weighted by Crippen LogP contribution is -2.15. The molecule has 0 heterocycles. The van der Waals surface area contributed by atoms with E-state index >= 15 is 0 Å². The van der Waals surface area contributed by atoms with Crippen molar-refractivity contribution in [3.05, 3.63) is 12.2 Å². The summed E-state index contributed by atoms with van der Waals surface area (Å²) in [6.07, 6.45) is 59.5. The molecule has 0 saturated heterocycles. The summed E-state index contributed by atoms with van der Waals surface area (Å²) in [4.78, 5) is 12.0. The molecule has 2 nitrogen and oxygen atoms in total. The molecule has 0 unspecified atom stereocenters. The standard InChI is InChI=1S/C50H98O2/c1-5-7-9-11-13-15-17-19-21-23-25-27-29-31-33-35-37-39-41-43-45-49(47-52-50(51)48(3)4)46-44-42-40-38-36-34-32-30-28-26-24-22-20-18-16-14-12-10-8-6-2/h49H,3,5-47H2,1-2,4H3. The Morgan fingerprint density at radius 1 is 0.365 bits per heavy atom. The van der Waals surface area contributed by atoms with Crippen molar-refractivity contribution in [2.75, 3.05) is 6.61 Å². The second-order valence-electron chi connectivity index (χ2n) is 17.3. The van der Waals surface area contributed by atoms with Crippen molar-refractivity contribution in [3.8, 4) is 0 Å². The average Bonchev–Trinajstić information content (AvgIpc) is 3.14. The number of hydrogen-bond acceptors (Lipinski definition) is 2. The topological polar surface area (TPSA) is 26.3 Å². The molecule has 52 heavy (non-hydrogen) atoms. The highest BCUT2D eigenvalue weighted by Crippen LogP contribution is 2.21. The van der Waals surface area contributed by atoms with Crippen molar-refractivity contribution in [1.82, 2.24) is 0 Å². The van der Waals surface area contributed by atoms with Gasteiger partial charge in [0, 0.05) is 5.57 Å². The molecule has 0 rings (SSSR count). The molecule has 0 fully saturated rings. The summed E-state index contributed by atoms with van der Waals surface area (Å²) < 4.78 is 5.62. The zero-order valence-corrected chi connectivity index (χ0v) is 36.5. The maximum absolute atomic E-state index is 12.0. The fourth-order valence-corrected chi connectivity index (χ4v) is 8.00. The van der Waals surface area contributed by atoms with E-state index in [2.05, 4.69) is 20.4 Å². The van der Waals surface area contributed by atoms with Crippen LogP contribution in [-0.4, -0.2) is 12.6 Å². The van der Waals surface area contributed by atoms with Gasteiger partial charge in [-0.1, -0.05) is 277 Å². The van der Waals surface area contributed by atoms with Crippen LogP contribution in [0, 0.1) is 5.92 Å². The van der Waals surface area contributed by atoms with Gasteiger partial charge < -0.3 is 4.74 Å². The van der Waals surface area contributed by atoms with Crippen molar-refractivity contribution in [2.24, 2.45) is 5.92 Å². The smallest absolute Gasteiger partial charge is 0.333 e. The lowest BCUT2D eigenvalue weighted by Gasteiger charge is -2.17. The van der Waals surface area contributed by atoms with Gasteiger partial charge in [0.2, 0.25) is 0 Å². The van der Waals surface area contributed by atoms with Crippen LogP contribution in [0.4, 0.5) is 0 Å². The molecule has 0 amide bonds. The maximum atomic E-state index is 12.0. The molecule has 0 saturated carbocycles. The van der Waals surface area contributed by atoms with E-state index in [0.717, 1.165) is 0 Å². The fraction of sp³-hybridized carbons (Fsp3) is 0.940. The molecule has 2 heteroatoms. The minimum Gasteiger partial charge on any atom is -0.462 e. The molecule has 0 aromatic carbocycles. The van der Waals surface area contributed by atoms with E-state index in [1.54, 1.807) is 6.92 Å². The predicted molar refractivity (Wildman–Crippen MR) is 235 cm³/mol. The number of esters is 1. The third-order valence-corrected chi connectivity index (χ3v) is 11.7. The average molecular weight is 731 g/mol. The van der Waals surface area contributed by atoms with E-state index < -0.39 is 0 Å². The van der Waals surface area contributed by atoms with Crippen LogP contribution in [-0.2, 0) is 9.53 Å². The van der Waals surface area contributed by atoms with Crippen molar-refractivity contribution < 1.29 is 9.53 Å². The van der Waals surface area contributed by atoms with E-state index in [1.165, 1.54) is 270 Å². The van der Waals surface area contributed by atoms with Crippen LogP contribution in [0.25, 0.3) is 0 Å². The first kappa shape index (κ1) is 51.2. The van der Waals surface area contributed by atoms with Crippen LogP contribution in [0.1, 0.15) is 290 Å². The Labute approximate surface area is 329 Å². The molecule has 0 N–H and O–H groups in total. The van der Waals surface area contributed by atoms with Crippen LogP contribution >= 0.6 is 0 Å². The molecule has 0 aliphatic carbocycles. The van der Waals surface area contributed by atoms with Crippen molar-refractivity contribution >= 4 is 5.97 Å². The van der Waals surface area contributed by atoms with Gasteiger partial charge in [0.15, 0.2) is 0 Å². The Morgan fingerprint density at radius 3 is 0.750 bits per heavy atom. The van der Waals surface area contributed by atoms with Gasteiger partial charge in [-0.2, -0.15) is 0 Å². The third-order valence-electron chi connectivity index (χ3n) is 11.7. The zero-order valence-electron chi connectivity index (χ0n) is 36.5. The van der Waals surface area contributed by atoms with Crippen LogP contribution in [0.3, 0.4) is 0 Å². The van der Waals surface area contributed by atoms with Crippen LogP contribution in [0.5, 0.6) is 0 Å². The lowest BCUT2D eigenvalue weighted by molar-refractivity contribution is -0.140. The Balaban J connectivity index is 3.65. The van der Waals surface area contributed by atoms with Gasteiger partial charge in [-0.15, -0.1) is 0 Å². The molecule has 0 bridgehead atoms. The Bertz CT molecular complexity index is 654. The number of ether oxygens (including phenoxy) is 1. The molecule has 0 aliphatic heterocycles. The number of hydrogen-bond donors (Lipinski definition) is 0. The number of carbonyl (C=O) groups is 1. The zero-order chi connectivity index (χ0) is 37.8. The number of unbranched alkanes of at least 4 members (excludes halogenated alkanes) is 38. The van der Waals surface area contributed by atoms with E-state index in [1.807, 2.05) is 0 Å². The Kier molecular flexibility index (Phi) is 43.9. The summed E-state index contributed by atoms with van der Waals surface area (Å²) in [5, 5.41) is 0. The molecular formula is C50H98O2. The summed E-state index contributed by atoms with van der Waals surface area (Å²) in [5.41, 5.74) is 0.524. The Hall–Kier alpha value is -0.790. The summed E-state index contributed by atoms with van der Waals surface area (Å²) >= 11 is 0. The highest BCUT2D eigenvalue weighted by Gasteiger charge is 2.12. The second-order valence-corrected chi connectivity index (χ2v) is 17.3. The van der Waals surface area contributed by atoms with Crippen molar-refractivity contribution in [2.45, 2.75) is 290 Å². The number of carbonyl (C=O) groups excluding carboxylic acids is 1. The first-order valence-corrected chi connectivity index (χ1v) is 24.4. The Morgan fingerprint density at radius 2 is 0.558 bits per heavy atom. The third kappa shape index (κ3) is 42.0. The fourth-order valence-electron chi connectivity index (χ4n) is 8.00. The lowest BCUT2D eigenvalue weighted by atomic mass is 9.94. The molecule has 0 spiro atoms. The summed E-state index contributed by atoms with van der Waals surface area (Å²) in [6.45, 7) is 10.7. The van der Waals surface area contributed by atoms with Gasteiger partial charge in [0.05, 0.1) is 6.61 Å². The second kappa shape index (κ2) is 44.6. The van der Waals surface area contributed by atoms with Crippen LogP contribution in [0.15, 0.2) is 12.2 Å². The van der Waals surface area contributed by atoms with E-state index in [-0.39, 0.29) is 5.97 Å². The quantitative estimate of drug-likeness (QED) is 0.0354. The molecular weight excluding hydrogens is 633 g/mol. The first-order valence-electron chi connectivity index (χ1n) is 24.4.